The summed E-state index contributed by atoms with van der Waals surface area (Å²) in [5, 5.41) is 2.77. The maximum Gasteiger partial charge on any atom is 0.237 e. The molecule has 0 aliphatic carbocycles. The summed E-state index contributed by atoms with van der Waals surface area (Å²) < 4.78 is 12.0. The Morgan fingerprint density at radius 1 is 1.08 bits per heavy atom. The predicted octanol–water partition coefficient (Wildman–Crippen LogP) is 4.17. The normalized spacial score (nSPS) is 13.9. The number of carbonyl (C=O) groups excluding carboxylic acids is 2. The first-order chi connectivity index (χ1) is 12.0. The van der Waals surface area contributed by atoms with Crippen LogP contribution in [0.5, 0.6) is 11.5 Å². The highest BCUT2D eigenvalue weighted by Crippen LogP contribution is 2.36. The molecule has 1 amide bonds. The van der Waals surface area contributed by atoms with Gasteiger partial charge in [-0.05, 0) is 37.3 Å². The average molecular weight is 469 g/mol. The summed E-state index contributed by atoms with van der Waals surface area (Å²) in [7, 11) is 0. The van der Waals surface area contributed by atoms with Crippen molar-refractivity contribution < 1.29 is 19.1 Å². The second-order valence-electron chi connectivity index (χ2n) is 5.48. The third-order valence-electron chi connectivity index (χ3n) is 3.65. The second-order valence-corrected chi connectivity index (χ2v) is 7.77. The monoisotopic (exact) mass is 467 g/mol. The van der Waals surface area contributed by atoms with Gasteiger partial charge in [-0.15, -0.1) is 0 Å². The van der Waals surface area contributed by atoms with Gasteiger partial charge in [-0.25, -0.2) is 0 Å². The van der Waals surface area contributed by atoms with Crippen molar-refractivity contribution >= 4 is 49.2 Å². The van der Waals surface area contributed by atoms with Gasteiger partial charge in [-0.3, -0.25) is 9.59 Å². The van der Waals surface area contributed by atoms with Gasteiger partial charge in [-0.2, -0.15) is 0 Å². The lowest BCUT2D eigenvalue weighted by atomic mass is 10.0. The lowest BCUT2D eigenvalue weighted by Crippen LogP contribution is -2.23. The van der Waals surface area contributed by atoms with E-state index in [4.69, 9.17) is 9.47 Å². The zero-order valence-electron chi connectivity index (χ0n) is 13.3. The third-order valence-corrected chi connectivity index (χ3v) is 4.60. The Balaban J connectivity index is 2.04. The zero-order valence-corrected chi connectivity index (χ0v) is 16.5. The highest BCUT2D eigenvalue weighted by atomic mass is 79.9. The van der Waals surface area contributed by atoms with E-state index in [1.54, 1.807) is 43.3 Å². The summed E-state index contributed by atoms with van der Waals surface area (Å²) in [5.41, 5.74) is 1.27. The molecule has 0 bridgehead atoms. The van der Waals surface area contributed by atoms with E-state index in [2.05, 4.69) is 37.2 Å². The Morgan fingerprint density at radius 3 is 2.28 bits per heavy atom. The summed E-state index contributed by atoms with van der Waals surface area (Å²) >= 11 is 6.58. The molecule has 25 heavy (non-hydrogen) atoms. The molecule has 2 aromatic rings. The molecule has 0 fully saturated rings. The summed E-state index contributed by atoms with van der Waals surface area (Å²) in [6.07, 6.45) is 0. The molecule has 5 nitrogen and oxygen atoms in total. The van der Waals surface area contributed by atoms with Gasteiger partial charge in [0.05, 0.1) is 16.1 Å². The standard InChI is InChI=1S/C18H15Br2NO4/c1-10(19)18(23)21-14-9-16-15(24-6-7-25-16)8-13(14)17(22)11-2-4-12(20)5-3-11/h2-5,8-10H,6-7H2,1H3,(H,21,23)/t10-/m0/s1. The molecule has 1 heterocycles. The molecule has 1 aliphatic rings. The van der Waals surface area contributed by atoms with Gasteiger partial charge in [0.2, 0.25) is 5.91 Å². The second kappa shape index (κ2) is 7.58. The van der Waals surface area contributed by atoms with E-state index in [-0.39, 0.29) is 11.7 Å². The van der Waals surface area contributed by atoms with Crippen molar-refractivity contribution in [3.05, 3.63) is 52.0 Å². The number of ether oxygens (including phenoxy) is 2. The maximum absolute atomic E-state index is 12.9. The first-order valence-corrected chi connectivity index (χ1v) is 9.35. The lowest BCUT2D eigenvalue weighted by Gasteiger charge is -2.21. The molecule has 2 aromatic carbocycles. The van der Waals surface area contributed by atoms with E-state index in [1.807, 2.05) is 0 Å². The predicted molar refractivity (Wildman–Crippen MR) is 102 cm³/mol. The first kappa shape index (κ1) is 17.9. The number of ketones is 1. The van der Waals surface area contributed by atoms with E-state index in [0.29, 0.717) is 41.5 Å². The van der Waals surface area contributed by atoms with E-state index in [1.165, 1.54) is 0 Å². The van der Waals surface area contributed by atoms with Crippen LogP contribution in [0.1, 0.15) is 22.8 Å². The van der Waals surface area contributed by atoms with Crippen molar-refractivity contribution in [2.24, 2.45) is 0 Å². The van der Waals surface area contributed by atoms with Crippen LogP contribution in [0, 0.1) is 0 Å². The Labute approximate surface area is 162 Å². The van der Waals surface area contributed by atoms with Crippen molar-refractivity contribution in [2.75, 3.05) is 18.5 Å². The molecule has 0 saturated carbocycles. The zero-order chi connectivity index (χ0) is 18.0. The Kier molecular flexibility index (Phi) is 5.44. The van der Waals surface area contributed by atoms with Gasteiger partial charge in [-0.1, -0.05) is 31.9 Å². The van der Waals surface area contributed by atoms with E-state index in [9.17, 15) is 9.59 Å². The molecule has 1 N–H and O–H groups in total. The number of hydrogen-bond donors (Lipinski definition) is 1. The molecule has 1 atom stereocenters. The van der Waals surface area contributed by atoms with Gasteiger partial charge in [0.15, 0.2) is 17.3 Å². The Hall–Kier alpha value is -1.86. The number of nitrogens with one attached hydrogen (secondary N) is 1. The van der Waals surface area contributed by atoms with Crippen LogP contribution in [0.25, 0.3) is 0 Å². The van der Waals surface area contributed by atoms with Crippen molar-refractivity contribution in [3.8, 4) is 11.5 Å². The summed E-state index contributed by atoms with van der Waals surface area (Å²) in [5.74, 6) is 0.552. The Bertz CT molecular complexity index is 819. The molecular weight excluding hydrogens is 454 g/mol. The van der Waals surface area contributed by atoms with Crippen LogP contribution in [0.15, 0.2) is 40.9 Å². The molecule has 0 radical (unpaired) electrons. The van der Waals surface area contributed by atoms with Crippen molar-refractivity contribution in [2.45, 2.75) is 11.8 Å². The van der Waals surface area contributed by atoms with E-state index >= 15 is 0 Å². The quantitative estimate of drug-likeness (QED) is 0.540. The molecule has 7 heteroatoms. The SMILES string of the molecule is C[C@H](Br)C(=O)Nc1cc2c(cc1C(=O)c1ccc(Br)cc1)OCCO2. The molecule has 1 aliphatic heterocycles. The highest BCUT2D eigenvalue weighted by Gasteiger charge is 2.22. The fourth-order valence-electron chi connectivity index (χ4n) is 2.37. The van der Waals surface area contributed by atoms with Crippen LogP contribution in [0.4, 0.5) is 5.69 Å². The van der Waals surface area contributed by atoms with Gasteiger partial charge in [0.25, 0.3) is 0 Å². The van der Waals surface area contributed by atoms with Gasteiger partial charge in [0, 0.05) is 16.1 Å². The van der Waals surface area contributed by atoms with Crippen molar-refractivity contribution in [1.82, 2.24) is 0 Å². The third kappa shape index (κ3) is 4.04. The summed E-state index contributed by atoms with van der Waals surface area (Å²) in [4.78, 5) is 24.6. The van der Waals surface area contributed by atoms with E-state index < -0.39 is 4.83 Å². The number of benzene rings is 2. The number of rotatable bonds is 4. The van der Waals surface area contributed by atoms with Gasteiger partial charge >= 0.3 is 0 Å². The fraction of sp³-hybridized carbons (Fsp3) is 0.222. The highest BCUT2D eigenvalue weighted by molar-refractivity contribution is 9.10. The van der Waals surface area contributed by atoms with Crippen LogP contribution in [0.3, 0.4) is 0 Å². The van der Waals surface area contributed by atoms with Crippen LogP contribution >= 0.6 is 31.9 Å². The number of hydrogen-bond acceptors (Lipinski definition) is 4. The minimum Gasteiger partial charge on any atom is -0.486 e. The van der Waals surface area contributed by atoms with Gasteiger partial charge in [0.1, 0.15) is 13.2 Å². The first-order valence-electron chi connectivity index (χ1n) is 7.64. The van der Waals surface area contributed by atoms with Crippen LogP contribution < -0.4 is 14.8 Å². The number of anilines is 1. The van der Waals surface area contributed by atoms with Crippen LogP contribution in [-0.2, 0) is 4.79 Å². The molecular formula is C18H15Br2NO4. The number of fused-ring (bicyclic) bond motifs is 1. The molecule has 0 spiro atoms. The largest absolute Gasteiger partial charge is 0.486 e. The number of halogens is 2. The number of carbonyl (C=O) groups is 2. The lowest BCUT2D eigenvalue weighted by molar-refractivity contribution is -0.115. The minimum absolute atomic E-state index is 0.206. The molecule has 3 rings (SSSR count). The summed E-state index contributed by atoms with van der Waals surface area (Å²) in [6, 6.07) is 10.3. The molecule has 0 unspecified atom stereocenters. The minimum atomic E-state index is -0.392. The van der Waals surface area contributed by atoms with Crippen molar-refractivity contribution in [3.63, 3.8) is 0 Å². The van der Waals surface area contributed by atoms with Crippen LogP contribution in [0.2, 0.25) is 0 Å². The molecule has 0 aromatic heterocycles. The number of alkyl halides is 1. The van der Waals surface area contributed by atoms with E-state index in [0.717, 1.165) is 4.47 Å². The average Bonchev–Trinajstić information content (AvgIpc) is 2.61. The molecule has 130 valence electrons. The molecule has 0 saturated heterocycles. The smallest absolute Gasteiger partial charge is 0.237 e. The Morgan fingerprint density at radius 2 is 1.68 bits per heavy atom. The topological polar surface area (TPSA) is 64.6 Å². The fourth-order valence-corrected chi connectivity index (χ4v) is 2.75. The maximum atomic E-state index is 12.9. The van der Waals surface area contributed by atoms with Gasteiger partial charge < -0.3 is 14.8 Å². The summed E-state index contributed by atoms with van der Waals surface area (Å²) in [6.45, 7) is 2.56. The number of amides is 1. The van der Waals surface area contributed by atoms with Crippen LogP contribution in [-0.4, -0.2) is 29.7 Å². The van der Waals surface area contributed by atoms with Crippen molar-refractivity contribution in [1.29, 1.82) is 0 Å².